The Hall–Kier alpha value is -2.33. The predicted octanol–water partition coefficient (Wildman–Crippen LogP) is -0.437. The van der Waals surface area contributed by atoms with E-state index in [1.54, 1.807) is 23.1 Å². The molecule has 2 aromatic rings. The second-order valence-electron chi connectivity index (χ2n) is 4.96. The number of imidazole rings is 1. The van der Waals surface area contributed by atoms with Crippen molar-refractivity contribution in [1.82, 2.24) is 24.4 Å². The maximum atomic E-state index is 12.4. The van der Waals surface area contributed by atoms with Gasteiger partial charge in [-0.3, -0.25) is 9.13 Å². The largest absolute Gasteiger partial charge is 0.352 e. The first-order valence-corrected chi connectivity index (χ1v) is 6.99. The first kappa shape index (κ1) is 13.6. The van der Waals surface area contributed by atoms with Crippen LogP contribution >= 0.6 is 0 Å². The van der Waals surface area contributed by atoms with Gasteiger partial charge in [-0.15, -0.1) is 5.92 Å². The lowest BCUT2D eigenvalue weighted by atomic mass is 10.3. The second kappa shape index (κ2) is 5.58. The molecule has 7 heteroatoms. The van der Waals surface area contributed by atoms with E-state index in [2.05, 4.69) is 32.0 Å². The molecule has 0 bridgehead atoms. The number of hydrogen-bond donors (Lipinski definition) is 1. The van der Waals surface area contributed by atoms with Crippen molar-refractivity contribution in [2.45, 2.75) is 13.5 Å². The Bertz CT molecular complexity index is 772. The highest BCUT2D eigenvalue weighted by molar-refractivity contribution is 5.84. The van der Waals surface area contributed by atoms with Crippen LogP contribution in [0, 0.1) is 11.8 Å². The summed E-state index contributed by atoms with van der Waals surface area (Å²) in [5.74, 6) is 6.60. The van der Waals surface area contributed by atoms with Crippen LogP contribution in [0.15, 0.2) is 11.1 Å². The summed E-state index contributed by atoms with van der Waals surface area (Å²) in [6, 6.07) is 0. The van der Waals surface area contributed by atoms with Crippen LogP contribution in [0.25, 0.3) is 11.2 Å². The molecule has 0 atom stereocenters. The third kappa shape index (κ3) is 2.28. The van der Waals surface area contributed by atoms with Gasteiger partial charge in [0.05, 0.1) is 6.54 Å². The topological polar surface area (TPSA) is 68.0 Å². The van der Waals surface area contributed by atoms with E-state index in [1.165, 1.54) is 6.33 Å². The van der Waals surface area contributed by atoms with Crippen molar-refractivity contribution < 1.29 is 0 Å². The molecule has 0 unspecified atom stereocenters. The summed E-state index contributed by atoms with van der Waals surface area (Å²) >= 11 is 0. The number of hydrogen-bond acceptors (Lipinski definition) is 5. The van der Waals surface area contributed by atoms with Crippen molar-refractivity contribution >= 4 is 17.0 Å². The zero-order valence-corrected chi connectivity index (χ0v) is 12.3. The summed E-state index contributed by atoms with van der Waals surface area (Å²) in [6.07, 6.45) is 1.52. The van der Waals surface area contributed by atoms with E-state index in [9.17, 15) is 4.79 Å². The van der Waals surface area contributed by atoms with Gasteiger partial charge in [-0.2, -0.15) is 0 Å². The molecule has 0 aromatic carbocycles. The van der Waals surface area contributed by atoms with E-state index in [0.717, 1.165) is 37.5 Å². The molecule has 7 nitrogen and oxygen atoms in total. The Labute approximate surface area is 122 Å². The van der Waals surface area contributed by atoms with Crippen LogP contribution in [0.5, 0.6) is 0 Å². The second-order valence-corrected chi connectivity index (χ2v) is 4.96. The maximum Gasteiger partial charge on any atom is 0.331 e. The molecular weight excluding hydrogens is 268 g/mol. The summed E-state index contributed by atoms with van der Waals surface area (Å²) in [4.78, 5) is 23.3. The molecule has 0 amide bonds. The lowest BCUT2D eigenvalue weighted by Crippen LogP contribution is -2.44. The highest BCUT2D eigenvalue weighted by Gasteiger charge is 2.21. The number of piperazine rings is 1. The van der Waals surface area contributed by atoms with Crippen LogP contribution in [0.3, 0.4) is 0 Å². The molecule has 3 heterocycles. The quantitative estimate of drug-likeness (QED) is 0.758. The van der Waals surface area contributed by atoms with Gasteiger partial charge >= 0.3 is 5.69 Å². The van der Waals surface area contributed by atoms with Gasteiger partial charge in [0, 0.05) is 33.2 Å². The number of nitrogens with one attached hydrogen (secondary N) is 1. The van der Waals surface area contributed by atoms with Gasteiger partial charge in [-0.25, -0.2) is 14.8 Å². The van der Waals surface area contributed by atoms with Gasteiger partial charge in [0.2, 0.25) is 0 Å². The Morgan fingerprint density at radius 2 is 2.10 bits per heavy atom. The molecule has 0 saturated carbocycles. The van der Waals surface area contributed by atoms with Crippen molar-refractivity contribution in [3.05, 3.63) is 16.8 Å². The van der Waals surface area contributed by atoms with Gasteiger partial charge < -0.3 is 10.2 Å². The molecule has 1 saturated heterocycles. The molecule has 1 aliphatic rings. The van der Waals surface area contributed by atoms with Crippen LogP contribution in [0.1, 0.15) is 6.92 Å². The van der Waals surface area contributed by atoms with Crippen molar-refractivity contribution in [1.29, 1.82) is 0 Å². The first-order chi connectivity index (χ1) is 10.2. The Balaban J connectivity index is 2.21. The van der Waals surface area contributed by atoms with Crippen molar-refractivity contribution in [3.8, 4) is 11.8 Å². The van der Waals surface area contributed by atoms with Crippen LogP contribution in [-0.2, 0) is 13.6 Å². The Kier molecular flexibility index (Phi) is 3.62. The number of nitrogens with zero attached hydrogens (tertiary/aromatic N) is 5. The molecule has 1 fully saturated rings. The van der Waals surface area contributed by atoms with Gasteiger partial charge in [0.15, 0.2) is 11.5 Å². The zero-order valence-electron chi connectivity index (χ0n) is 12.3. The van der Waals surface area contributed by atoms with Gasteiger partial charge in [0.25, 0.3) is 0 Å². The van der Waals surface area contributed by atoms with Crippen LogP contribution in [-0.4, -0.2) is 45.3 Å². The fraction of sp³-hybridized carbons (Fsp3) is 0.500. The monoisotopic (exact) mass is 286 g/mol. The third-order valence-electron chi connectivity index (χ3n) is 3.72. The van der Waals surface area contributed by atoms with Gasteiger partial charge in [-0.1, -0.05) is 5.92 Å². The fourth-order valence-corrected chi connectivity index (χ4v) is 2.63. The number of rotatable bonds is 2. The molecule has 3 rings (SSSR count). The molecule has 110 valence electrons. The minimum atomic E-state index is -0.107. The normalized spacial score (nSPS) is 15.0. The molecule has 1 N–H and O–H groups in total. The third-order valence-corrected chi connectivity index (χ3v) is 3.72. The average Bonchev–Trinajstić information content (AvgIpc) is 2.78. The summed E-state index contributed by atoms with van der Waals surface area (Å²) < 4.78 is 3.21. The maximum absolute atomic E-state index is 12.4. The number of fused-ring (bicyclic) bond motifs is 1. The van der Waals surface area contributed by atoms with E-state index in [1.807, 2.05) is 0 Å². The van der Waals surface area contributed by atoms with E-state index in [0.29, 0.717) is 12.2 Å². The lowest BCUT2D eigenvalue weighted by molar-refractivity contribution is 0.585. The fourth-order valence-electron chi connectivity index (χ4n) is 2.63. The van der Waals surface area contributed by atoms with Gasteiger partial charge in [-0.05, 0) is 6.92 Å². The van der Waals surface area contributed by atoms with E-state index >= 15 is 0 Å². The predicted molar refractivity (Wildman–Crippen MR) is 81.3 cm³/mol. The van der Waals surface area contributed by atoms with Crippen LogP contribution in [0.2, 0.25) is 0 Å². The van der Waals surface area contributed by atoms with E-state index in [-0.39, 0.29) is 5.69 Å². The minimum absolute atomic E-state index is 0.107. The first-order valence-electron chi connectivity index (χ1n) is 6.99. The SMILES string of the molecule is CC#CCn1c(=O)n(C)c2ncnc(N3CCNCC3)c21. The smallest absolute Gasteiger partial charge is 0.331 e. The number of aromatic nitrogens is 4. The summed E-state index contributed by atoms with van der Waals surface area (Å²) in [6.45, 7) is 5.70. The van der Waals surface area contributed by atoms with Crippen LogP contribution < -0.4 is 15.9 Å². The van der Waals surface area contributed by atoms with Crippen LogP contribution in [0.4, 0.5) is 5.82 Å². The number of aryl methyl sites for hydroxylation is 1. The molecule has 1 aliphatic heterocycles. The van der Waals surface area contributed by atoms with Crippen molar-refractivity contribution in [3.63, 3.8) is 0 Å². The average molecular weight is 286 g/mol. The summed E-state index contributed by atoms with van der Waals surface area (Å²) in [7, 11) is 1.73. The standard InChI is InChI=1S/C14H18N6O/c1-3-4-7-20-11-12(18(2)14(20)21)16-10-17-13(11)19-8-5-15-6-9-19/h10,15H,5-9H2,1-2H3. The minimum Gasteiger partial charge on any atom is -0.352 e. The molecule has 0 aliphatic carbocycles. The zero-order chi connectivity index (χ0) is 14.8. The highest BCUT2D eigenvalue weighted by Crippen LogP contribution is 2.22. The Morgan fingerprint density at radius 1 is 1.33 bits per heavy atom. The Morgan fingerprint density at radius 3 is 2.81 bits per heavy atom. The van der Waals surface area contributed by atoms with E-state index < -0.39 is 0 Å². The molecule has 21 heavy (non-hydrogen) atoms. The van der Waals surface area contributed by atoms with Crippen molar-refractivity contribution in [2.75, 3.05) is 31.1 Å². The molecule has 0 radical (unpaired) electrons. The highest BCUT2D eigenvalue weighted by atomic mass is 16.1. The molecule has 0 spiro atoms. The lowest BCUT2D eigenvalue weighted by Gasteiger charge is -2.28. The number of anilines is 1. The van der Waals surface area contributed by atoms with Gasteiger partial charge in [0.1, 0.15) is 11.8 Å². The van der Waals surface area contributed by atoms with Crippen molar-refractivity contribution in [2.24, 2.45) is 7.05 Å². The van der Waals surface area contributed by atoms with E-state index in [4.69, 9.17) is 0 Å². The summed E-state index contributed by atoms with van der Waals surface area (Å²) in [5, 5.41) is 3.32. The summed E-state index contributed by atoms with van der Waals surface area (Å²) in [5.41, 5.74) is 1.32. The molecule has 2 aromatic heterocycles. The molecular formula is C14H18N6O.